The predicted molar refractivity (Wildman–Crippen MR) is 83.0 cm³/mol. The molecule has 0 radical (unpaired) electrons. The van der Waals surface area contributed by atoms with E-state index in [0.29, 0.717) is 12.2 Å². The average molecular weight is 316 g/mol. The molecule has 23 heavy (non-hydrogen) atoms. The minimum atomic E-state index is -0.361. The second kappa shape index (κ2) is 7.15. The number of halogens is 1. The van der Waals surface area contributed by atoms with Crippen LogP contribution in [0.25, 0.3) is 0 Å². The fourth-order valence-corrected chi connectivity index (χ4v) is 2.34. The number of carbonyl (C=O) groups is 1. The summed E-state index contributed by atoms with van der Waals surface area (Å²) >= 11 is 0. The molecule has 2 heterocycles. The molecule has 7 heteroatoms. The maximum atomic E-state index is 13.2. The summed E-state index contributed by atoms with van der Waals surface area (Å²) in [6, 6.07) is 7.47. The number of benzene rings is 1. The number of amides is 1. The van der Waals surface area contributed by atoms with Crippen LogP contribution in [0.5, 0.6) is 0 Å². The molecule has 1 unspecified atom stereocenters. The van der Waals surface area contributed by atoms with Gasteiger partial charge in [0.1, 0.15) is 11.5 Å². The van der Waals surface area contributed by atoms with Crippen LogP contribution in [0.2, 0.25) is 0 Å². The number of nitrogens with zero attached hydrogens (tertiary/aromatic N) is 2. The van der Waals surface area contributed by atoms with E-state index in [1.807, 2.05) is 0 Å². The highest BCUT2D eigenvalue weighted by atomic mass is 19.1. The van der Waals surface area contributed by atoms with Gasteiger partial charge in [0.15, 0.2) is 0 Å². The van der Waals surface area contributed by atoms with E-state index in [0.717, 1.165) is 19.4 Å². The van der Waals surface area contributed by atoms with Crippen molar-refractivity contribution in [2.75, 3.05) is 18.5 Å². The lowest BCUT2D eigenvalue weighted by Gasteiger charge is -2.11. The van der Waals surface area contributed by atoms with Crippen LogP contribution in [0.3, 0.4) is 0 Å². The van der Waals surface area contributed by atoms with E-state index in [-0.39, 0.29) is 29.5 Å². The van der Waals surface area contributed by atoms with Crippen LogP contribution in [0.4, 0.5) is 16.0 Å². The van der Waals surface area contributed by atoms with Gasteiger partial charge in [-0.25, -0.2) is 14.4 Å². The van der Waals surface area contributed by atoms with Crippen LogP contribution < -0.4 is 10.6 Å². The number of anilines is 2. The van der Waals surface area contributed by atoms with Gasteiger partial charge in [-0.2, -0.15) is 0 Å². The summed E-state index contributed by atoms with van der Waals surface area (Å²) in [4.78, 5) is 20.3. The zero-order valence-corrected chi connectivity index (χ0v) is 12.5. The SMILES string of the molecule is O=C(NCC1CCCO1)c1ccnc(Nc2cccc(F)c2)n1. The minimum Gasteiger partial charge on any atom is -0.376 e. The predicted octanol–water partition coefficient (Wildman–Crippen LogP) is 2.27. The number of hydrogen-bond acceptors (Lipinski definition) is 5. The van der Waals surface area contributed by atoms with Crippen LogP contribution in [0.15, 0.2) is 36.5 Å². The van der Waals surface area contributed by atoms with E-state index in [1.165, 1.54) is 24.4 Å². The first-order chi connectivity index (χ1) is 11.2. The van der Waals surface area contributed by atoms with Gasteiger partial charge in [0.2, 0.25) is 5.95 Å². The third-order valence-electron chi connectivity index (χ3n) is 3.48. The van der Waals surface area contributed by atoms with Crippen LogP contribution in [0.1, 0.15) is 23.3 Å². The molecule has 0 saturated carbocycles. The largest absolute Gasteiger partial charge is 0.376 e. The van der Waals surface area contributed by atoms with E-state index >= 15 is 0 Å². The second-order valence-electron chi connectivity index (χ2n) is 5.25. The Morgan fingerprint density at radius 2 is 2.30 bits per heavy atom. The Labute approximate surface area is 133 Å². The summed E-state index contributed by atoms with van der Waals surface area (Å²) in [7, 11) is 0. The number of carbonyl (C=O) groups excluding carboxylic acids is 1. The summed E-state index contributed by atoms with van der Waals surface area (Å²) in [5, 5.41) is 5.67. The highest BCUT2D eigenvalue weighted by Crippen LogP contribution is 2.14. The lowest BCUT2D eigenvalue weighted by atomic mass is 10.2. The van der Waals surface area contributed by atoms with Gasteiger partial charge in [0.25, 0.3) is 5.91 Å². The van der Waals surface area contributed by atoms with E-state index < -0.39 is 0 Å². The zero-order valence-electron chi connectivity index (χ0n) is 12.5. The van der Waals surface area contributed by atoms with E-state index in [1.54, 1.807) is 12.1 Å². The molecule has 1 aromatic heterocycles. The summed E-state index contributed by atoms with van der Waals surface area (Å²) in [6.07, 6.45) is 3.53. The highest BCUT2D eigenvalue weighted by molar-refractivity contribution is 5.92. The topological polar surface area (TPSA) is 76.1 Å². The molecule has 0 spiro atoms. The first-order valence-corrected chi connectivity index (χ1v) is 7.46. The van der Waals surface area contributed by atoms with Gasteiger partial charge in [-0.15, -0.1) is 0 Å². The quantitative estimate of drug-likeness (QED) is 0.885. The molecule has 1 atom stereocenters. The van der Waals surface area contributed by atoms with E-state index in [2.05, 4.69) is 20.6 Å². The second-order valence-corrected chi connectivity index (χ2v) is 5.25. The number of ether oxygens (including phenoxy) is 1. The van der Waals surface area contributed by atoms with Gasteiger partial charge >= 0.3 is 0 Å². The van der Waals surface area contributed by atoms with Crippen molar-refractivity contribution < 1.29 is 13.9 Å². The lowest BCUT2D eigenvalue weighted by molar-refractivity contribution is 0.0853. The van der Waals surface area contributed by atoms with Crippen molar-refractivity contribution in [1.82, 2.24) is 15.3 Å². The van der Waals surface area contributed by atoms with Crippen molar-refractivity contribution in [3.63, 3.8) is 0 Å². The van der Waals surface area contributed by atoms with Crippen LogP contribution in [0, 0.1) is 5.82 Å². The molecule has 1 saturated heterocycles. The number of hydrogen-bond donors (Lipinski definition) is 2. The van der Waals surface area contributed by atoms with Crippen molar-refractivity contribution in [3.05, 3.63) is 48.0 Å². The molecule has 1 aliphatic rings. The number of rotatable bonds is 5. The molecule has 0 aliphatic carbocycles. The molecule has 1 aliphatic heterocycles. The average Bonchev–Trinajstić information content (AvgIpc) is 3.06. The Balaban J connectivity index is 1.63. The Kier molecular flexibility index (Phi) is 4.77. The number of aromatic nitrogens is 2. The molecule has 3 rings (SSSR count). The highest BCUT2D eigenvalue weighted by Gasteiger charge is 2.17. The van der Waals surface area contributed by atoms with Gasteiger partial charge in [0.05, 0.1) is 6.10 Å². The van der Waals surface area contributed by atoms with Crippen molar-refractivity contribution in [2.45, 2.75) is 18.9 Å². The summed E-state index contributed by atoms with van der Waals surface area (Å²) in [5.41, 5.74) is 0.763. The normalized spacial score (nSPS) is 17.0. The molecule has 1 fully saturated rings. The Morgan fingerprint density at radius 3 is 3.09 bits per heavy atom. The van der Waals surface area contributed by atoms with E-state index in [9.17, 15) is 9.18 Å². The fourth-order valence-electron chi connectivity index (χ4n) is 2.34. The van der Waals surface area contributed by atoms with Gasteiger partial charge in [-0.3, -0.25) is 4.79 Å². The standard InChI is InChI=1S/C16H17FN4O2/c17-11-3-1-4-12(9-11)20-16-18-7-6-14(21-16)15(22)19-10-13-5-2-8-23-13/h1,3-4,6-7,9,13H,2,5,8,10H2,(H,19,22)(H,18,20,21). The number of nitrogens with one attached hydrogen (secondary N) is 2. The van der Waals surface area contributed by atoms with Gasteiger partial charge in [0, 0.05) is 25.0 Å². The van der Waals surface area contributed by atoms with Gasteiger partial charge < -0.3 is 15.4 Å². The molecule has 2 aromatic rings. The van der Waals surface area contributed by atoms with Crippen molar-refractivity contribution in [3.8, 4) is 0 Å². The zero-order chi connectivity index (χ0) is 16.1. The maximum absolute atomic E-state index is 13.2. The molecule has 120 valence electrons. The molecule has 2 N–H and O–H groups in total. The smallest absolute Gasteiger partial charge is 0.270 e. The molecular formula is C16H17FN4O2. The molecule has 1 aromatic carbocycles. The lowest BCUT2D eigenvalue weighted by Crippen LogP contribution is -2.32. The fraction of sp³-hybridized carbons (Fsp3) is 0.312. The molecular weight excluding hydrogens is 299 g/mol. The summed E-state index contributed by atoms with van der Waals surface area (Å²) < 4.78 is 18.6. The summed E-state index contributed by atoms with van der Waals surface area (Å²) in [5.74, 6) is -0.411. The van der Waals surface area contributed by atoms with Crippen LogP contribution in [-0.4, -0.2) is 35.1 Å². The first-order valence-electron chi connectivity index (χ1n) is 7.46. The molecule has 1 amide bonds. The van der Waals surface area contributed by atoms with E-state index in [4.69, 9.17) is 4.74 Å². The van der Waals surface area contributed by atoms with Crippen molar-refractivity contribution in [2.24, 2.45) is 0 Å². The van der Waals surface area contributed by atoms with Gasteiger partial charge in [-0.1, -0.05) is 6.07 Å². The Morgan fingerprint density at radius 1 is 1.39 bits per heavy atom. The Hall–Kier alpha value is -2.54. The van der Waals surface area contributed by atoms with Gasteiger partial charge in [-0.05, 0) is 37.1 Å². The van der Waals surface area contributed by atoms with Crippen molar-refractivity contribution in [1.29, 1.82) is 0 Å². The monoisotopic (exact) mass is 316 g/mol. The molecule has 0 bridgehead atoms. The van der Waals surface area contributed by atoms with Crippen LogP contribution in [-0.2, 0) is 4.74 Å². The summed E-state index contributed by atoms with van der Waals surface area (Å²) in [6.45, 7) is 1.21. The third kappa shape index (κ3) is 4.23. The maximum Gasteiger partial charge on any atom is 0.270 e. The molecule has 6 nitrogen and oxygen atoms in total. The minimum absolute atomic E-state index is 0.0747. The van der Waals surface area contributed by atoms with Crippen LogP contribution >= 0.6 is 0 Å². The van der Waals surface area contributed by atoms with Crippen molar-refractivity contribution >= 4 is 17.5 Å². The first kappa shape index (κ1) is 15.4. The Bertz CT molecular complexity index is 689. The third-order valence-corrected chi connectivity index (χ3v) is 3.48.